The number of rotatable bonds is 1. The molecule has 7 atom stereocenters. The average Bonchev–Trinajstić information content (AvgIpc) is 3.29. The number of aliphatic hydroxyl groups is 1. The van der Waals surface area contributed by atoms with Crippen LogP contribution < -0.4 is 14.4 Å². The van der Waals surface area contributed by atoms with Gasteiger partial charge >= 0.3 is 0 Å². The summed E-state index contributed by atoms with van der Waals surface area (Å²) in [6.07, 6.45) is 10.8. The Bertz CT molecular complexity index is 1890. The second-order valence-electron chi connectivity index (χ2n) is 14.5. The zero-order valence-corrected chi connectivity index (χ0v) is 30.1. The minimum Gasteiger partial charge on any atom is -0.490 e. The molecule has 2 N–H and O–H groups in total. The molecule has 0 radical (unpaired) electrons. The van der Waals surface area contributed by atoms with Crippen LogP contribution in [0.3, 0.4) is 0 Å². The molecule has 3 aromatic rings. The normalized spacial score (nSPS) is 34.2. The SMILES string of the molecule is C=S1(=O)NC(=O)c2ccc3c(c2)N(C[C@@H]2CC[C@H]2[C@@](O)(c2cnc(Cl)n2C)/C=C/C[C@H](C)[C@H]1C)C[C@@]1(CCCc2cc(Cl)ccc21)CO3. The number of anilines is 1. The van der Waals surface area contributed by atoms with Crippen molar-refractivity contribution in [2.24, 2.45) is 24.8 Å². The van der Waals surface area contributed by atoms with E-state index in [-0.39, 0.29) is 23.2 Å². The average molecular weight is 712 g/mol. The second-order valence-corrected chi connectivity index (χ2v) is 17.7. The number of nitrogens with zero attached hydrogens (tertiary/aromatic N) is 3. The Morgan fingerprint density at radius 2 is 1.98 bits per heavy atom. The van der Waals surface area contributed by atoms with Gasteiger partial charge in [-0.1, -0.05) is 36.7 Å². The lowest BCUT2D eigenvalue weighted by Crippen LogP contribution is -2.52. The predicted octanol–water partition coefficient (Wildman–Crippen LogP) is 6.46. The highest BCUT2D eigenvalue weighted by Gasteiger charge is 2.50. The van der Waals surface area contributed by atoms with E-state index in [1.165, 1.54) is 11.1 Å². The maximum Gasteiger partial charge on any atom is 0.262 e. The number of hydrogen-bond acceptors (Lipinski definition) is 6. The number of allylic oxidation sites excluding steroid dienone is 1. The molecule has 1 saturated carbocycles. The first kappa shape index (κ1) is 33.5. The van der Waals surface area contributed by atoms with Crippen LogP contribution in [0, 0.1) is 17.8 Å². The molecule has 8 nitrogen and oxygen atoms in total. The summed E-state index contributed by atoms with van der Waals surface area (Å²) in [7, 11) is -1.18. The first-order chi connectivity index (χ1) is 22.8. The monoisotopic (exact) mass is 710 g/mol. The molecule has 256 valence electrons. The van der Waals surface area contributed by atoms with E-state index in [9.17, 15) is 14.1 Å². The van der Waals surface area contributed by atoms with Gasteiger partial charge in [0.15, 0.2) is 0 Å². The van der Waals surface area contributed by atoms with Gasteiger partial charge in [-0.2, -0.15) is 0 Å². The Balaban J connectivity index is 1.36. The number of carbonyl (C=O) groups is 1. The van der Waals surface area contributed by atoms with Crippen molar-refractivity contribution in [2.75, 3.05) is 24.6 Å². The number of nitrogens with one attached hydrogen (secondary N) is 1. The van der Waals surface area contributed by atoms with Crippen molar-refractivity contribution in [3.8, 4) is 5.75 Å². The van der Waals surface area contributed by atoms with Crippen LogP contribution in [-0.2, 0) is 34.2 Å². The van der Waals surface area contributed by atoms with Crippen molar-refractivity contribution >= 4 is 50.4 Å². The number of imidazole rings is 1. The van der Waals surface area contributed by atoms with Gasteiger partial charge in [0.1, 0.15) is 11.4 Å². The Hall–Kier alpha value is -2.98. The van der Waals surface area contributed by atoms with Crippen LogP contribution in [0.1, 0.15) is 73.1 Å². The number of aromatic nitrogens is 2. The number of fused-ring (bicyclic) bond motifs is 4. The van der Waals surface area contributed by atoms with Gasteiger partial charge in [-0.15, -0.1) is 0 Å². The number of amides is 1. The van der Waals surface area contributed by atoms with E-state index in [4.69, 9.17) is 27.9 Å². The fourth-order valence-corrected chi connectivity index (χ4v) is 10.2. The van der Waals surface area contributed by atoms with E-state index in [2.05, 4.69) is 32.6 Å². The van der Waals surface area contributed by atoms with E-state index >= 15 is 0 Å². The van der Waals surface area contributed by atoms with Crippen LogP contribution >= 0.6 is 23.2 Å². The molecule has 7 rings (SSSR count). The molecule has 1 spiro atoms. The van der Waals surface area contributed by atoms with Gasteiger partial charge in [0, 0.05) is 47.3 Å². The van der Waals surface area contributed by atoms with Gasteiger partial charge in [-0.3, -0.25) is 9.52 Å². The first-order valence-electron chi connectivity index (χ1n) is 16.9. The van der Waals surface area contributed by atoms with Gasteiger partial charge in [0.2, 0.25) is 5.28 Å². The Labute approximate surface area is 293 Å². The van der Waals surface area contributed by atoms with Crippen LogP contribution in [0.4, 0.5) is 5.69 Å². The van der Waals surface area contributed by atoms with Gasteiger partial charge in [0.05, 0.1) is 33.9 Å². The standard InChI is InChI=1S/C37H44Cl2N4O4S/c1-23-7-5-16-37(45,33-19-40-35(39)42(33)3)30-12-9-27(30)20-43-21-36(15-6-8-25-17-28(38)11-13-29(25)36)22-47-32-14-10-26(18-31(32)43)34(44)41-48(4,46)24(23)2/h5,10-11,13-14,16-19,23-24,27,30,45H,4,6-9,12,15,20-22H2,1-3H3,(H,41,44,46)/b16-5+/t23-,24+,27-,30+,36-,37+,48?/m0/s1. The predicted molar refractivity (Wildman–Crippen MR) is 194 cm³/mol. The smallest absolute Gasteiger partial charge is 0.262 e. The number of carbonyl (C=O) groups excluding carboxylic acids is 1. The Kier molecular flexibility index (Phi) is 8.67. The van der Waals surface area contributed by atoms with Crippen LogP contribution in [0.15, 0.2) is 54.7 Å². The third-order valence-corrected chi connectivity index (χ3v) is 14.4. The molecule has 2 aliphatic heterocycles. The number of halogens is 2. The molecule has 1 unspecified atom stereocenters. The first-order valence-corrected chi connectivity index (χ1v) is 19.4. The lowest BCUT2D eigenvalue weighted by molar-refractivity contribution is -0.0546. The number of benzene rings is 2. The molecule has 1 fully saturated rings. The summed E-state index contributed by atoms with van der Waals surface area (Å²) < 4.78 is 25.1. The molecule has 11 heteroatoms. The fourth-order valence-electron chi connectivity index (χ4n) is 8.40. The summed E-state index contributed by atoms with van der Waals surface area (Å²) in [6.45, 7) is 5.67. The maximum atomic E-state index is 13.9. The largest absolute Gasteiger partial charge is 0.490 e. The number of ether oxygens (including phenoxy) is 1. The van der Waals surface area contributed by atoms with Crippen LogP contribution in [0.2, 0.25) is 10.3 Å². The van der Waals surface area contributed by atoms with Crippen LogP contribution in [-0.4, -0.2) is 55.6 Å². The van der Waals surface area contributed by atoms with Crippen molar-refractivity contribution < 1.29 is 18.8 Å². The third kappa shape index (κ3) is 5.74. The highest BCUT2D eigenvalue weighted by Crippen LogP contribution is 2.51. The van der Waals surface area contributed by atoms with E-state index in [1.54, 1.807) is 16.8 Å². The topological polar surface area (TPSA) is 96.7 Å². The van der Waals surface area contributed by atoms with E-state index < -0.39 is 26.5 Å². The number of hydrogen-bond donors (Lipinski definition) is 2. The summed E-state index contributed by atoms with van der Waals surface area (Å²) in [5.41, 5.74) is 2.76. The molecule has 2 aliphatic carbocycles. The molecule has 2 aromatic carbocycles. The van der Waals surface area contributed by atoms with Crippen LogP contribution in [0.25, 0.3) is 0 Å². The van der Waals surface area contributed by atoms with E-state index in [1.807, 2.05) is 51.2 Å². The summed E-state index contributed by atoms with van der Waals surface area (Å²) in [5, 5.41) is 13.3. The molecule has 0 saturated heterocycles. The Morgan fingerprint density at radius 3 is 2.71 bits per heavy atom. The van der Waals surface area contributed by atoms with E-state index in [0.717, 1.165) is 42.8 Å². The molecular weight excluding hydrogens is 667 g/mol. The van der Waals surface area contributed by atoms with Gasteiger partial charge in [-0.25, -0.2) is 9.19 Å². The summed E-state index contributed by atoms with van der Waals surface area (Å²) >= 11 is 12.9. The third-order valence-electron chi connectivity index (χ3n) is 11.6. The summed E-state index contributed by atoms with van der Waals surface area (Å²) in [5.74, 6) is 4.21. The zero-order chi connectivity index (χ0) is 34.0. The molecule has 48 heavy (non-hydrogen) atoms. The molecule has 4 aliphatic rings. The van der Waals surface area contributed by atoms with Crippen LogP contribution in [0.5, 0.6) is 5.75 Å². The fraction of sp³-hybridized carbons (Fsp3) is 0.486. The minimum absolute atomic E-state index is 0.0867. The van der Waals surface area contributed by atoms with Crippen molar-refractivity contribution in [3.63, 3.8) is 0 Å². The highest BCUT2D eigenvalue weighted by atomic mass is 35.5. The van der Waals surface area contributed by atoms with Gasteiger partial charge in [0.25, 0.3) is 5.91 Å². The lowest BCUT2D eigenvalue weighted by atomic mass is 9.63. The minimum atomic E-state index is -3.01. The quantitative estimate of drug-likeness (QED) is 0.222. The van der Waals surface area contributed by atoms with E-state index in [0.29, 0.717) is 48.4 Å². The van der Waals surface area contributed by atoms with Crippen molar-refractivity contribution in [1.82, 2.24) is 14.3 Å². The molecule has 3 heterocycles. The van der Waals surface area contributed by atoms with Crippen molar-refractivity contribution in [3.05, 3.63) is 87.4 Å². The summed E-state index contributed by atoms with van der Waals surface area (Å²) in [6, 6.07) is 11.7. The highest BCUT2D eigenvalue weighted by molar-refractivity contribution is 7.99. The van der Waals surface area contributed by atoms with Gasteiger partial charge in [-0.05, 0) is 116 Å². The maximum absolute atomic E-state index is 13.9. The summed E-state index contributed by atoms with van der Waals surface area (Å²) in [4.78, 5) is 20.4. The molecule has 2 bridgehead atoms. The molecule has 1 aromatic heterocycles. The zero-order valence-electron chi connectivity index (χ0n) is 27.8. The second kappa shape index (κ2) is 12.4. The molecular formula is C37H44Cl2N4O4S. The molecule has 1 amide bonds. The lowest BCUT2D eigenvalue weighted by Gasteiger charge is -2.49. The Morgan fingerprint density at radius 1 is 1.17 bits per heavy atom. The van der Waals surface area contributed by atoms with Crippen molar-refractivity contribution in [2.45, 2.75) is 68.6 Å². The van der Waals surface area contributed by atoms with Gasteiger partial charge < -0.3 is 19.3 Å². The van der Waals surface area contributed by atoms with Crippen molar-refractivity contribution in [1.29, 1.82) is 0 Å². The number of aryl methyl sites for hydroxylation is 1.